The van der Waals surface area contributed by atoms with Crippen molar-refractivity contribution in [2.24, 2.45) is 0 Å². The molecule has 4 heteroatoms. The van der Waals surface area contributed by atoms with Crippen molar-refractivity contribution < 1.29 is 9.90 Å². The zero-order valence-corrected chi connectivity index (χ0v) is 10.4. The third-order valence-corrected chi connectivity index (χ3v) is 2.74. The topological polar surface area (TPSA) is 62.2 Å². The van der Waals surface area contributed by atoms with Crippen LogP contribution < -0.4 is 5.32 Å². The summed E-state index contributed by atoms with van der Waals surface area (Å²) in [5.74, 6) is 1.95. The third-order valence-electron chi connectivity index (χ3n) is 2.74. The summed E-state index contributed by atoms with van der Waals surface area (Å²) in [6, 6.07) is 9.06. The van der Waals surface area contributed by atoms with Crippen molar-refractivity contribution in [3.8, 4) is 12.3 Å². The average molecular weight is 254 g/mol. The molecule has 0 spiro atoms. The molecular formula is C15H14N2O2. The summed E-state index contributed by atoms with van der Waals surface area (Å²) in [5.41, 5.74) is 0.950. The van der Waals surface area contributed by atoms with Gasteiger partial charge in [0.05, 0.1) is 5.52 Å². The summed E-state index contributed by atoms with van der Waals surface area (Å²) in [5, 5.41) is 13.1. The number of benzene rings is 1. The maximum atomic E-state index is 11.2. The molecule has 2 N–H and O–H groups in total. The van der Waals surface area contributed by atoms with Crippen LogP contribution in [0.4, 0.5) is 5.82 Å². The third kappa shape index (κ3) is 3.02. The van der Waals surface area contributed by atoms with E-state index >= 15 is 0 Å². The first kappa shape index (κ1) is 12.9. The van der Waals surface area contributed by atoms with Crippen LogP contribution in [-0.4, -0.2) is 22.6 Å². The van der Waals surface area contributed by atoms with E-state index in [1.54, 1.807) is 6.07 Å². The molecule has 0 aliphatic heterocycles. The van der Waals surface area contributed by atoms with Gasteiger partial charge < -0.3 is 10.4 Å². The highest BCUT2D eigenvalue weighted by Gasteiger charge is 2.12. The van der Waals surface area contributed by atoms with Crippen LogP contribution in [0, 0.1) is 12.3 Å². The molecule has 1 aromatic carbocycles. The molecular weight excluding hydrogens is 240 g/mol. The molecule has 0 unspecified atom stereocenters. The molecule has 0 bridgehead atoms. The lowest BCUT2D eigenvalue weighted by molar-refractivity contribution is 0.0698. The standard InChI is InChI=1S/C15H14N2O2/c1-2-3-6-9-16-14-12(15(18)19)10-11-7-4-5-8-13(11)17-14/h1,4-5,7-8,10H,3,6,9H2,(H,16,17)(H,18,19). The van der Waals surface area contributed by atoms with Crippen molar-refractivity contribution in [1.82, 2.24) is 4.98 Å². The van der Waals surface area contributed by atoms with E-state index in [1.165, 1.54) is 0 Å². The predicted octanol–water partition coefficient (Wildman–Crippen LogP) is 2.76. The molecule has 0 saturated heterocycles. The lowest BCUT2D eigenvalue weighted by Crippen LogP contribution is -2.09. The minimum Gasteiger partial charge on any atom is -0.478 e. The van der Waals surface area contributed by atoms with Crippen LogP contribution in [0.5, 0.6) is 0 Å². The van der Waals surface area contributed by atoms with Gasteiger partial charge >= 0.3 is 5.97 Å². The van der Waals surface area contributed by atoms with Crippen LogP contribution in [0.2, 0.25) is 0 Å². The van der Waals surface area contributed by atoms with Crippen molar-refractivity contribution in [3.63, 3.8) is 0 Å². The number of carbonyl (C=O) groups is 1. The quantitative estimate of drug-likeness (QED) is 0.636. The van der Waals surface area contributed by atoms with Gasteiger partial charge in [-0.05, 0) is 18.6 Å². The van der Waals surface area contributed by atoms with E-state index in [-0.39, 0.29) is 5.56 Å². The maximum absolute atomic E-state index is 11.2. The molecule has 96 valence electrons. The van der Waals surface area contributed by atoms with Crippen LogP contribution in [0.3, 0.4) is 0 Å². The summed E-state index contributed by atoms with van der Waals surface area (Å²) in [7, 11) is 0. The van der Waals surface area contributed by atoms with Crippen LogP contribution in [-0.2, 0) is 0 Å². The Morgan fingerprint density at radius 2 is 2.21 bits per heavy atom. The first-order valence-corrected chi connectivity index (χ1v) is 6.03. The van der Waals surface area contributed by atoms with Gasteiger partial charge in [0.25, 0.3) is 0 Å². The Morgan fingerprint density at radius 3 is 2.95 bits per heavy atom. The minimum atomic E-state index is -0.988. The monoisotopic (exact) mass is 254 g/mol. The Hall–Kier alpha value is -2.54. The number of para-hydroxylation sites is 1. The van der Waals surface area contributed by atoms with Gasteiger partial charge in [-0.25, -0.2) is 9.78 Å². The highest BCUT2D eigenvalue weighted by Crippen LogP contribution is 2.20. The predicted molar refractivity (Wildman–Crippen MR) is 75.3 cm³/mol. The van der Waals surface area contributed by atoms with Crippen molar-refractivity contribution in [1.29, 1.82) is 0 Å². The Balaban J connectivity index is 2.31. The zero-order chi connectivity index (χ0) is 13.7. The highest BCUT2D eigenvalue weighted by molar-refractivity contribution is 5.98. The van der Waals surface area contributed by atoms with E-state index in [9.17, 15) is 9.90 Å². The van der Waals surface area contributed by atoms with Gasteiger partial charge in [-0.3, -0.25) is 0 Å². The molecule has 0 amide bonds. The number of terminal acetylenes is 1. The number of carboxylic acid groups (broad SMARTS) is 1. The fraction of sp³-hybridized carbons (Fsp3) is 0.200. The highest BCUT2D eigenvalue weighted by atomic mass is 16.4. The Morgan fingerprint density at radius 1 is 1.42 bits per heavy atom. The number of aromatic carboxylic acids is 1. The summed E-state index contributed by atoms with van der Waals surface area (Å²) in [4.78, 5) is 15.6. The molecule has 4 nitrogen and oxygen atoms in total. The SMILES string of the molecule is C#CCCCNc1nc2ccccc2cc1C(=O)O. The first-order chi connectivity index (χ1) is 9.22. The summed E-state index contributed by atoms with van der Waals surface area (Å²) in [6.45, 7) is 0.607. The first-order valence-electron chi connectivity index (χ1n) is 6.03. The second-order valence-electron chi connectivity index (χ2n) is 4.12. The normalized spacial score (nSPS) is 10.1. The lowest BCUT2D eigenvalue weighted by atomic mass is 10.1. The van der Waals surface area contributed by atoms with Crippen molar-refractivity contribution in [3.05, 3.63) is 35.9 Å². The molecule has 19 heavy (non-hydrogen) atoms. The number of aromatic nitrogens is 1. The van der Waals surface area contributed by atoms with Gasteiger partial charge in [-0.15, -0.1) is 12.3 Å². The molecule has 2 rings (SSSR count). The number of hydrogen-bond donors (Lipinski definition) is 2. The Kier molecular flexibility index (Phi) is 3.99. The maximum Gasteiger partial charge on any atom is 0.339 e. The van der Waals surface area contributed by atoms with Gasteiger partial charge in [0.2, 0.25) is 0 Å². The molecule has 1 aromatic heterocycles. The van der Waals surface area contributed by atoms with E-state index in [0.29, 0.717) is 18.8 Å². The van der Waals surface area contributed by atoms with E-state index in [0.717, 1.165) is 17.3 Å². The van der Waals surface area contributed by atoms with Gasteiger partial charge in [0, 0.05) is 18.4 Å². The Labute approximate surface area is 111 Å². The fourth-order valence-corrected chi connectivity index (χ4v) is 1.81. The van der Waals surface area contributed by atoms with E-state index in [2.05, 4.69) is 16.2 Å². The molecule has 1 heterocycles. The number of pyridine rings is 1. The number of nitrogens with one attached hydrogen (secondary N) is 1. The summed E-state index contributed by atoms with van der Waals surface area (Å²) in [6.07, 6.45) is 6.61. The second kappa shape index (κ2) is 5.87. The zero-order valence-electron chi connectivity index (χ0n) is 10.4. The van der Waals surface area contributed by atoms with Crippen molar-refractivity contribution >= 4 is 22.7 Å². The lowest BCUT2D eigenvalue weighted by Gasteiger charge is -2.09. The molecule has 0 radical (unpaired) electrons. The number of unbranched alkanes of at least 4 members (excludes halogenated alkanes) is 1. The van der Waals surface area contributed by atoms with Crippen LogP contribution in [0.15, 0.2) is 30.3 Å². The smallest absolute Gasteiger partial charge is 0.339 e. The number of fused-ring (bicyclic) bond motifs is 1. The number of carboxylic acids is 1. The number of anilines is 1. The number of nitrogens with zero attached hydrogens (tertiary/aromatic N) is 1. The van der Waals surface area contributed by atoms with E-state index in [1.807, 2.05) is 24.3 Å². The molecule has 0 aliphatic carbocycles. The van der Waals surface area contributed by atoms with E-state index < -0.39 is 5.97 Å². The minimum absolute atomic E-state index is 0.180. The Bertz CT molecular complexity index is 644. The largest absolute Gasteiger partial charge is 0.478 e. The van der Waals surface area contributed by atoms with Gasteiger partial charge in [-0.2, -0.15) is 0 Å². The van der Waals surface area contributed by atoms with Crippen molar-refractivity contribution in [2.75, 3.05) is 11.9 Å². The average Bonchev–Trinajstić information content (AvgIpc) is 2.42. The molecule has 2 aromatic rings. The summed E-state index contributed by atoms with van der Waals surface area (Å²) >= 11 is 0. The van der Waals surface area contributed by atoms with Crippen LogP contribution in [0.25, 0.3) is 10.9 Å². The summed E-state index contributed by atoms with van der Waals surface area (Å²) < 4.78 is 0. The van der Waals surface area contributed by atoms with Gasteiger partial charge in [0.1, 0.15) is 11.4 Å². The van der Waals surface area contributed by atoms with E-state index in [4.69, 9.17) is 6.42 Å². The van der Waals surface area contributed by atoms with Crippen LogP contribution >= 0.6 is 0 Å². The van der Waals surface area contributed by atoms with Crippen LogP contribution in [0.1, 0.15) is 23.2 Å². The van der Waals surface area contributed by atoms with Gasteiger partial charge in [-0.1, -0.05) is 18.2 Å². The van der Waals surface area contributed by atoms with Gasteiger partial charge in [0.15, 0.2) is 0 Å². The second-order valence-corrected chi connectivity index (χ2v) is 4.12. The van der Waals surface area contributed by atoms with Crippen molar-refractivity contribution in [2.45, 2.75) is 12.8 Å². The molecule has 0 atom stereocenters. The number of rotatable bonds is 5. The fourth-order valence-electron chi connectivity index (χ4n) is 1.81. The number of hydrogen-bond acceptors (Lipinski definition) is 3. The molecule has 0 saturated carbocycles. The molecule has 0 aliphatic rings. The molecule has 0 fully saturated rings.